The summed E-state index contributed by atoms with van der Waals surface area (Å²) in [6.45, 7) is 0. The standard InChI is InChI=1S/C17H16F5N5O2S2/c1-25-15(29)11(14(24)30)8(23)4-10(28)27-16-26-9(5-31-16)6-2-3-7(17(20,21)22)13(19)12(6)18/h5,11,23H,2-4H2,1H3,(H2,24,30)(H,25,29)(H,26,27,28). The number of rotatable bonds is 7. The molecule has 2 rings (SSSR count). The number of halogens is 5. The minimum Gasteiger partial charge on any atom is -0.392 e. The fourth-order valence-corrected chi connectivity index (χ4v) is 3.74. The van der Waals surface area contributed by atoms with Crippen LogP contribution in [-0.2, 0) is 9.59 Å². The Hall–Kier alpha value is -2.74. The van der Waals surface area contributed by atoms with E-state index in [0.717, 1.165) is 11.3 Å². The van der Waals surface area contributed by atoms with Crippen LogP contribution in [0.5, 0.6) is 0 Å². The number of nitrogens with one attached hydrogen (secondary N) is 3. The van der Waals surface area contributed by atoms with Crippen molar-refractivity contribution in [3.05, 3.63) is 28.3 Å². The average Bonchev–Trinajstić information content (AvgIpc) is 3.10. The summed E-state index contributed by atoms with van der Waals surface area (Å²) in [5.74, 6) is -6.31. The van der Waals surface area contributed by atoms with Gasteiger partial charge in [-0.3, -0.25) is 9.59 Å². The van der Waals surface area contributed by atoms with Crippen LogP contribution in [0, 0.1) is 11.3 Å². The zero-order valence-electron chi connectivity index (χ0n) is 15.8. The number of carbonyl (C=O) groups is 2. The monoisotopic (exact) mass is 481 g/mol. The number of hydrogen-bond acceptors (Lipinski definition) is 6. The highest BCUT2D eigenvalue weighted by Gasteiger charge is 2.40. The smallest absolute Gasteiger partial charge is 0.392 e. The molecule has 5 N–H and O–H groups in total. The van der Waals surface area contributed by atoms with Gasteiger partial charge in [0.2, 0.25) is 11.8 Å². The molecule has 0 spiro atoms. The van der Waals surface area contributed by atoms with E-state index in [4.69, 9.17) is 23.4 Å². The Labute approximate surface area is 182 Å². The van der Waals surface area contributed by atoms with Gasteiger partial charge < -0.3 is 21.8 Å². The third-order valence-corrected chi connectivity index (χ3v) is 5.24. The van der Waals surface area contributed by atoms with E-state index in [1.807, 2.05) is 0 Å². The fraction of sp³-hybridized carbons (Fsp3) is 0.353. The van der Waals surface area contributed by atoms with E-state index < -0.39 is 60.4 Å². The number of nitrogens with two attached hydrogens (primary N) is 1. The molecule has 1 heterocycles. The Morgan fingerprint density at radius 1 is 1.32 bits per heavy atom. The van der Waals surface area contributed by atoms with Crippen LogP contribution in [-0.4, -0.2) is 40.7 Å². The lowest BCUT2D eigenvalue weighted by molar-refractivity contribution is -0.121. The maximum Gasteiger partial charge on any atom is 0.415 e. The zero-order chi connectivity index (χ0) is 23.5. The van der Waals surface area contributed by atoms with Gasteiger partial charge in [-0.2, -0.15) is 13.2 Å². The first-order chi connectivity index (χ1) is 14.4. The van der Waals surface area contributed by atoms with Gasteiger partial charge in [-0.15, -0.1) is 11.3 Å². The molecule has 0 fully saturated rings. The van der Waals surface area contributed by atoms with Gasteiger partial charge in [0.05, 0.1) is 22.7 Å². The van der Waals surface area contributed by atoms with E-state index in [9.17, 15) is 31.5 Å². The number of thiocarbonyl (C=S) groups is 1. The summed E-state index contributed by atoms with van der Waals surface area (Å²) in [6.07, 6.45) is -6.68. The van der Waals surface area contributed by atoms with Gasteiger partial charge in [-0.25, -0.2) is 13.8 Å². The lowest BCUT2D eigenvalue weighted by Gasteiger charge is -2.18. The highest BCUT2D eigenvalue weighted by atomic mass is 32.1. The molecule has 2 amide bonds. The van der Waals surface area contributed by atoms with Crippen molar-refractivity contribution in [3.8, 4) is 0 Å². The molecule has 1 atom stereocenters. The molecule has 0 aromatic carbocycles. The lowest BCUT2D eigenvalue weighted by Crippen LogP contribution is -2.42. The molecule has 1 unspecified atom stereocenters. The van der Waals surface area contributed by atoms with Crippen LogP contribution in [0.25, 0.3) is 5.57 Å². The van der Waals surface area contributed by atoms with Crippen molar-refractivity contribution in [2.75, 3.05) is 12.4 Å². The molecule has 0 saturated heterocycles. The van der Waals surface area contributed by atoms with Crippen molar-refractivity contribution in [3.63, 3.8) is 0 Å². The SMILES string of the molecule is CNC(=O)C(C(=N)CC(=O)Nc1nc(C2=C(F)C(F)=C(C(F)(F)F)CC2)cs1)C(N)=S. The summed E-state index contributed by atoms with van der Waals surface area (Å²) < 4.78 is 66.1. The van der Waals surface area contributed by atoms with Crippen molar-refractivity contribution >= 4 is 56.8 Å². The van der Waals surface area contributed by atoms with Crippen LogP contribution in [0.4, 0.5) is 27.1 Å². The topological polar surface area (TPSA) is 121 Å². The predicted octanol–water partition coefficient (Wildman–Crippen LogP) is 3.40. The molecule has 0 bridgehead atoms. The maximum atomic E-state index is 14.2. The number of alkyl halides is 3. The van der Waals surface area contributed by atoms with Crippen LogP contribution >= 0.6 is 23.6 Å². The Balaban J connectivity index is 2.13. The summed E-state index contributed by atoms with van der Waals surface area (Å²) in [5, 5.41) is 13.7. The first kappa shape index (κ1) is 24.5. The number of nitrogens with zero attached hydrogens (tertiary/aromatic N) is 1. The Kier molecular flexibility index (Phi) is 7.59. The van der Waals surface area contributed by atoms with Crippen molar-refractivity contribution in [2.45, 2.75) is 25.4 Å². The number of allylic oxidation sites excluding steroid dienone is 4. The van der Waals surface area contributed by atoms with Crippen molar-refractivity contribution < 1.29 is 31.5 Å². The molecule has 0 saturated carbocycles. The van der Waals surface area contributed by atoms with Gasteiger partial charge in [0.1, 0.15) is 5.92 Å². The molecule has 1 aromatic heterocycles. The number of hydrogen-bond donors (Lipinski definition) is 4. The maximum absolute atomic E-state index is 14.2. The molecule has 0 radical (unpaired) electrons. The summed E-state index contributed by atoms with van der Waals surface area (Å²) in [7, 11) is 1.31. The van der Waals surface area contributed by atoms with Gasteiger partial charge >= 0.3 is 6.18 Å². The minimum absolute atomic E-state index is 0.0501. The first-order valence-corrected chi connectivity index (χ1v) is 9.84. The van der Waals surface area contributed by atoms with Crippen molar-refractivity contribution in [2.24, 2.45) is 11.7 Å². The minimum atomic E-state index is -4.98. The lowest BCUT2D eigenvalue weighted by atomic mass is 9.94. The van der Waals surface area contributed by atoms with Gasteiger partial charge in [0.25, 0.3) is 0 Å². The van der Waals surface area contributed by atoms with Crippen molar-refractivity contribution in [1.29, 1.82) is 5.41 Å². The van der Waals surface area contributed by atoms with E-state index in [1.165, 1.54) is 12.4 Å². The third-order valence-electron chi connectivity index (χ3n) is 4.24. The molecule has 31 heavy (non-hydrogen) atoms. The number of amides is 2. The second kappa shape index (κ2) is 9.60. The molecule has 1 aromatic rings. The second-order valence-electron chi connectivity index (χ2n) is 6.32. The third kappa shape index (κ3) is 5.70. The molecule has 7 nitrogen and oxygen atoms in total. The number of thiazole rings is 1. The number of carbonyl (C=O) groups excluding carboxylic acids is 2. The van der Waals surface area contributed by atoms with Gasteiger partial charge in [-0.05, 0) is 12.8 Å². The van der Waals surface area contributed by atoms with E-state index >= 15 is 0 Å². The molecule has 0 aliphatic heterocycles. The van der Waals surface area contributed by atoms with Crippen LogP contribution in [0.15, 0.2) is 22.6 Å². The largest absolute Gasteiger partial charge is 0.415 e. The van der Waals surface area contributed by atoms with Crippen molar-refractivity contribution in [1.82, 2.24) is 10.3 Å². The summed E-state index contributed by atoms with van der Waals surface area (Å²) in [6, 6.07) is 0. The molecule has 168 valence electrons. The summed E-state index contributed by atoms with van der Waals surface area (Å²) in [5.41, 5.74) is 3.04. The predicted molar refractivity (Wildman–Crippen MR) is 109 cm³/mol. The van der Waals surface area contributed by atoms with Gasteiger partial charge in [-0.1, -0.05) is 12.2 Å². The quantitative estimate of drug-likeness (QED) is 0.270. The number of anilines is 1. The Morgan fingerprint density at radius 3 is 2.52 bits per heavy atom. The van der Waals surface area contributed by atoms with Crippen LogP contribution < -0.4 is 16.4 Å². The highest BCUT2D eigenvalue weighted by molar-refractivity contribution is 7.80. The second-order valence-corrected chi connectivity index (χ2v) is 7.65. The van der Waals surface area contributed by atoms with Gasteiger partial charge in [0, 0.05) is 23.7 Å². The molecular weight excluding hydrogens is 465 g/mol. The van der Waals surface area contributed by atoms with Crippen LogP contribution in [0.2, 0.25) is 0 Å². The van der Waals surface area contributed by atoms with E-state index in [-0.39, 0.29) is 27.1 Å². The number of aromatic nitrogens is 1. The molecule has 1 aliphatic carbocycles. The van der Waals surface area contributed by atoms with Crippen LogP contribution in [0.1, 0.15) is 25.0 Å². The summed E-state index contributed by atoms with van der Waals surface area (Å²) >= 11 is 5.56. The van der Waals surface area contributed by atoms with Crippen LogP contribution in [0.3, 0.4) is 0 Å². The first-order valence-electron chi connectivity index (χ1n) is 8.55. The van der Waals surface area contributed by atoms with E-state index in [2.05, 4.69) is 15.6 Å². The molecule has 14 heteroatoms. The van der Waals surface area contributed by atoms with Gasteiger partial charge in [0.15, 0.2) is 16.8 Å². The Bertz CT molecular complexity index is 999. The Morgan fingerprint density at radius 2 is 1.97 bits per heavy atom. The normalized spacial score (nSPS) is 15.5. The van der Waals surface area contributed by atoms with E-state index in [1.54, 1.807) is 0 Å². The molecular formula is C17H16F5N5O2S2. The highest BCUT2D eigenvalue weighted by Crippen LogP contribution is 2.43. The zero-order valence-corrected chi connectivity index (χ0v) is 17.5. The molecule has 1 aliphatic rings. The fourth-order valence-electron chi connectivity index (χ4n) is 2.75. The summed E-state index contributed by atoms with van der Waals surface area (Å²) in [4.78, 5) is 27.5. The van der Waals surface area contributed by atoms with E-state index in [0.29, 0.717) is 0 Å². The average molecular weight is 481 g/mol.